The van der Waals surface area contributed by atoms with Gasteiger partial charge >= 0.3 is 0 Å². The van der Waals surface area contributed by atoms with E-state index in [-0.39, 0.29) is 11.9 Å². The molecule has 1 amide bonds. The number of H-pyrrole nitrogens is 1. The maximum atomic E-state index is 11.8. The van der Waals surface area contributed by atoms with E-state index in [4.69, 9.17) is 4.42 Å². The minimum Gasteiger partial charge on any atom is -0.456 e. The van der Waals surface area contributed by atoms with Gasteiger partial charge in [0.1, 0.15) is 17.9 Å². The molecule has 2 heterocycles. The lowest BCUT2D eigenvalue weighted by atomic mass is 10.3. The number of nitrogens with one attached hydrogen (secondary N) is 2. The summed E-state index contributed by atoms with van der Waals surface area (Å²) in [7, 11) is 0. The fourth-order valence-corrected chi connectivity index (χ4v) is 1.45. The largest absolute Gasteiger partial charge is 0.456 e. The summed E-state index contributed by atoms with van der Waals surface area (Å²) in [6.07, 6.45) is 2.17. The van der Waals surface area contributed by atoms with Crippen molar-refractivity contribution in [1.82, 2.24) is 20.5 Å². The number of rotatable bonds is 4. The second kappa shape index (κ2) is 4.82. The molecule has 2 aromatic heterocycles. The Hall–Kier alpha value is -2.11. The highest BCUT2D eigenvalue weighted by Crippen LogP contribution is 2.11. The number of carbonyl (C=O) groups excluding carboxylic acids is 1. The van der Waals surface area contributed by atoms with Gasteiger partial charge in [0.15, 0.2) is 5.76 Å². The third-order valence-corrected chi connectivity index (χ3v) is 2.43. The molecule has 2 N–H and O–H groups in total. The molecule has 0 radical (unpaired) electrons. The molecule has 6 heteroatoms. The highest BCUT2D eigenvalue weighted by Gasteiger charge is 2.15. The number of aromatic amines is 1. The number of aryl methyl sites for hydroxylation is 1. The van der Waals surface area contributed by atoms with Gasteiger partial charge in [-0.05, 0) is 19.1 Å². The van der Waals surface area contributed by atoms with Crippen LogP contribution in [0.3, 0.4) is 0 Å². The van der Waals surface area contributed by atoms with Crippen LogP contribution in [0.25, 0.3) is 0 Å². The molecule has 0 saturated carbocycles. The standard InChI is InChI=1S/C11H14N4O2/c1-3-8-4-5-9(17-8)11(16)14-7(2)10-12-6-13-15-10/h4-7H,3H2,1-2H3,(H,14,16)(H,12,13,15). The molecule has 2 rings (SSSR count). The Morgan fingerprint density at radius 3 is 3.00 bits per heavy atom. The molecular formula is C11H14N4O2. The van der Waals surface area contributed by atoms with Gasteiger partial charge in [-0.1, -0.05) is 6.92 Å². The van der Waals surface area contributed by atoms with Gasteiger partial charge in [-0.25, -0.2) is 4.98 Å². The number of hydrogen-bond acceptors (Lipinski definition) is 4. The quantitative estimate of drug-likeness (QED) is 0.838. The van der Waals surface area contributed by atoms with E-state index in [9.17, 15) is 4.79 Å². The molecule has 1 unspecified atom stereocenters. The van der Waals surface area contributed by atoms with Gasteiger partial charge in [0.05, 0.1) is 6.04 Å². The Kier molecular flexibility index (Phi) is 3.22. The van der Waals surface area contributed by atoms with Crippen molar-refractivity contribution >= 4 is 5.91 Å². The van der Waals surface area contributed by atoms with Crippen LogP contribution in [0.2, 0.25) is 0 Å². The monoisotopic (exact) mass is 234 g/mol. The van der Waals surface area contributed by atoms with Gasteiger partial charge in [-0.3, -0.25) is 9.89 Å². The van der Waals surface area contributed by atoms with Crippen LogP contribution in [0.1, 0.15) is 42.0 Å². The molecule has 1 atom stereocenters. The lowest BCUT2D eigenvalue weighted by Crippen LogP contribution is -2.27. The molecule has 0 aliphatic heterocycles. The second-order valence-electron chi connectivity index (χ2n) is 3.69. The molecule has 0 bridgehead atoms. The molecule has 0 aliphatic carbocycles. The van der Waals surface area contributed by atoms with Crippen molar-refractivity contribution in [2.45, 2.75) is 26.3 Å². The van der Waals surface area contributed by atoms with Crippen molar-refractivity contribution in [2.24, 2.45) is 0 Å². The van der Waals surface area contributed by atoms with Crippen molar-refractivity contribution in [3.63, 3.8) is 0 Å². The molecule has 90 valence electrons. The van der Waals surface area contributed by atoms with E-state index in [0.717, 1.165) is 12.2 Å². The predicted octanol–water partition coefficient (Wildman–Crippen LogP) is 1.45. The summed E-state index contributed by atoms with van der Waals surface area (Å²) in [5, 5.41) is 9.20. The van der Waals surface area contributed by atoms with Gasteiger partial charge in [0.25, 0.3) is 5.91 Å². The van der Waals surface area contributed by atoms with E-state index in [1.807, 2.05) is 13.8 Å². The summed E-state index contributed by atoms with van der Waals surface area (Å²) >= 11 is 0. The zero-order valence-electron chi connectivity index (χ0n) is 9.73. The lowest BCUT2D eigenvalue weighted by Gasteiger charge is -2.09. The maximum absolute atomic E-state index is 11.8. The van der Waals surface area contributed by atoms with Crippen LogP contribution in [-0.2, 0) is 6.42 Å². The molecular weight excluding hydrogens is 220 g/mol. The van der Waals surface area contributed by atoms with Crippen molar-refractivity contribution in [3.05, 3.63) is 35.8 Å². The summed E-state index contributed by atoms with van der Waals surface area (Å²) in [6.45, 7) is 3.79. The first kappa shape index (κ1) is 11.4. The van der Waals surface area contributed by atoms with Gasteiger partial charge in [-0.2, -0.15) is 5.10 Å². The molecule has 0 aromatic carbocycles. The topological polar surface area (TPSA) is 83.8 Å². The average molecular weight is 234 g/mol. The molecule has 17 heavy (non-hydrogen) atoms. The summed E-state index contributed by atoms with van der Waals surface area (Å²) in [5.74, 6) is 1.46. The van der Waals surface area contributed by atoms with E-state index in [0.29, 0.717) is 11.6 Å². The van der Waals surface area contributed by atoms with Gasteiger partial charge < -0.3 is 9.73 Å². The first-order valence-corrected chi connectivity index (χ1v) is 5.45. The number of carbonyl (C=O) groups is 1. The fourth-order valence-electron chi connectivity index (χ4n) is 1.45. The molecule has 2 aromatic rings. The van der Waals surface area contributed by atoms with Crippen LogP contribution in [-0.4, -0.2) is 21.1 Å². The number of aromatic nitrogens is 3. The first-order chi connectivity index (χ1) is 8.20. The zero-order valence-corrected chi connectivity index (χ0v) is 9.73. The van der Waals surface area contributed by atoms with Crippen molar-refractivity contribution in [1.29, 1.82) is 0 Å². The summed E-state index contributed by atoms with van der Waals surface area (Å²) in [6, 6.07) is 3.23. The average Bonchev–Trinajstić information content (AvgIpc) is 3.00. The number of nitrogens with zero attached hydrogens (tertiary/aromatic N) is 2. The predicted molar refractivity (Wildman–Crippen MR) is 60.3 cm³/mol. The van der Waals surface area contributed by atoms with Crippen LogP contribution in [0.15, 0.2) is 22.9 Å². The van der Waals surface area contributed by atoms with Gasteiger partial charge in [0, 0.05) is 6.42 Å². The van der Waals surface area contributed by atoms with Crippen molar-refractivity contribution in [3.8, 4) is 0 Å². The summed E-state index contributed by atoms with van der Waals surface area (Å²) in [5.41, 5.74) is 0. The summed E-state index contributed by atoms with van der Waals surface area (Å²) in [4.78, 5) is 15.8. The maximum Gasteiger partial charge on any atom is 0.287 e. The minimum atomic E-state index is -0.256. The van der Waals surface area contributed by atoms with E-state index >= 15 is 0 Å². The van der Waals surface area contributed by atoms with Crippen LogP contribution < -0.4 is 5.32 Å². The normalized spacial score (nSPS) is 12.4. The molecule has 0 fully saturated rings. The Morgan fingerprint density at radius 2 is 2.41 bits per heavy atom. The number of furan rings is 1. The van der Waals surface area contributed by atoms with Crippen LogP contribution in [0.4, 0.5) is 0 Å². The van der Waals surface area contributed by atoms with E-state index in [1.165, 1.54) is 6.33 Å². The van der Waals surface area contributed by atoms with Crippen molar-refractivity contribution in [2.75, 3.05) is 0 Å². The van der Waals surface area contributed by atoms with E-state index in [2.05, 4.69) is 20.5 Å². The van der Waals surface area contributed by atoms with Gasteiger partial charge in [0.2, 0.25) is 0 Å². The first-order valence-electron chi connectivity index (χ1n) is 5.45. The number of hydrogen-bond donors (Lipinski definition) is 2. The smallest absolute Gasteiger partial charge is 0.287 e. The third kappa shape index (κ3) is 2.52. The van der Waals surface area contributed by atoms with Crippen LogP contribution in [0, 0.1) is 0 Å². The summed E-state index contributed by atoms with van der Waals surface area (Å²) < 4.78 is 5.35. The fraction of sp³-hybridized carbons (Fsp3) is 0.364. The van der Waals surface area contributed by atoms with Gasteiger partial charge in [-0.15, -0.1) is 0 Å². The van der Waals surface area contributed by atoms with Crippen LogP contribution in [0.5, 0.6) is 0 Å². The SMILES string of the molecule is CCc1ccc(C(=O)NC(C)c2ncn[nH]2)o1. The van der Waals surface area contributed by atoms with Crippen molar-refractivity contribution < 1.29 is 9.21 Å². The lowest BCUT2D eigenvalue weighted by molar-refractivity contribution is 0.0908. The minimum absolute atomic E-state index is 0.236. The Bertz CT molecular complexity index is 489. The zero-order chi connectivity index (χ0) is 12.3. The molecule has 0 aliphatic rings. The second-order valence-corrected chi connectivity index (χ2v) is 3.69. The Morgan fingerprint density at radius 1 is 1.59 bits per heavy atom. The Labute approximate surface area is 98.4 Å². The van der Waals surface area contributed by atoms with E-state index < -0.39 is 0 Å². The highest BCUT2D eigenvalue weighted by atomic mass is 16.3. The third-order valence-electron chi connectivity index (χ3n) is 2.43. The molecule has 0 spiro atoms. The van der Waals surface area contributed by atoms with Crippen LogP contribution >= 0.6 is 0 Å². The van der Waals surface area contributed by atoms with E-state index in [1.54, 1.807) is 12.1 Å². The highest BCUT2D eigenvalue weighted by molar-refractivity contribution is 5.91. The Balaban J connectivity index is 2.01. The molecule has 0 saturated heterocycles. The molecule has 6 nitrogen and oxygen atoms in total. The number of amides is 1.